The predicted molar refractivity (Wildman–Crippen MR) is 164 cm³/mol. The summed E-state index contributed by atoms with van der Waals surface area (Å²) in [6, 6.07) is 3.96. The number of carbonyl (C=O) groups is 3. The van der Waals surface area contributed by atoms with E-state index in [2.05, 4.69) is 17.5 Å². The number of rotatable bonds is 19. The second-order valence-electron chi connectivity index (χ2n) is 12.4. The number of carboxylic acids is 2. The molecule has 240 valence electrons. The minimum absolute atomic E-state index is 0.198. The highest BCUT2D eigenvalue weighted by molar-refractivity contribution is 5.88. The van der Waals surface area contributed by atoms with Crippen molar-refractivity contribution in [2.75, 3.05) is 19.8 Å². The summed E-state index contributed by atoms with van der Waals surface area (Å²) in [5.41, 5.74) is 2.86. The van der Waals surface area contributed by atoms with Crippen LogP contribution in [0.3, 0.4) is 0 Å². The number of fused-ring (bicyclic) bond motifs is 1. The van der Waals surface area contributed by atoms with Crippen molar-refractivity contribution in [3.63, 3.8) is 0 Å². The minimum atomic E-state index is -1.71. The second kappa shape index (κ2) is 18.0. The highest BCUT2D eigenvalue weighted by Gasteiger charge is 2.36. The number of nitrogens with one attached hydrogen (secondary N) is 1. The monoisotopic (exact) mass is 601 g/mol. The Morgan fingerprint density at radius 1 is 0.930 bits per heavy atom. The van der Waals surface area contributed by atoms with Gasteiger partial charge in [-0.3, -0.25) is 4.79 Å². The van der Waals surface area contributed by atoms with Gasteiger partial charge in [0.15, 0.2) is 12.2 Å². The van der Waals surface area contributed by atoms with E-state index in [1.807, 2.05) is 26.0 Å². The van der Waals surface area contributed by atoms with Crippen molar-refractivity contribution in [1.82, 2.24) is 5.32 Å². The van der Waals surface area contributed by atoms with E-state index in [9.17, 15) is 24.6 Å². The average Bonchev–Trinajstić information content (AvgIpc) is 2.97. The zero-order valence-corrected chi connectivity index (χ0v) is 25.9. The fraction of sp³-hybridized carbons (Fsp3) is 0.676. The van der Waals surface area contributed by atoms with Crippen molar-refractivity contribution in [1.29, 1.82) is 0 Å². The van der Waals surface area contributed by atoms with Crippen molar-refractivity contribution in [3.8, 4) is 5.75 Å². The normalized spacial score (nSPS) is 21.1. The van der Waals surface area contributed by atoms with Gasteiger partial charge in [-0.25, -0.2) is 9.59 Å². The van der Waals surface area contributed by atoms with Crippen LogP contribution in [0.2, 0.25) is 0 Å². The van der Waals surface area contributed by atoms with Gasteiger partial charge in [0, 0.05) is 13.2 Å². The van der Waals surface area contributed by atoms with Crippen LogP contribution in [0.15, 0.2) is 24.3 Å². The number of ether oxygens (including phenoxy) is 2. The number of carboxylic acid groups (broad SMARTS) is 2. The molecular formula is C34H51NO8. The first-order valence-corrected chi connectivity index (χ1v) is 16.1. The summed E-state index contributed by atoms with van der Waals surface area (Å²) < 4.78 is 10.8. The Morgan fingerprint density at radius 3 is 2.40 bits per heavy atom. The quantitative estimate of drug-likeness (QED) is 0.117. The summed E-state index contributed by atoms with van der Waals surface area (Å²) in [6.45, 7) is 3.47. The standard InChI is InChI=1S/C34H51NO8/c1-23-19-26(20-24(2)30(23)38)12-5-3-9-17-35-33(39)31(32(34(40)41)43-22-29(36)37)42-18-10-4-6-11-25-15-16-27-13-7-8-14-28(27)21-25/h7,13,19-20,25,27-28,31-32,38H,3-6,8-12,14-18,21-22H2,1-2H3,(H,35,39)(H,36,37)(H,40,41)/t25?,27?,28?,31-,32-/m1/s1. The van der Waals surface area contributed by atoms with Crippen molar-refractivity contribution < 1.29 is 39.2 Å². The summed E-state index contributed by atoms with van der Waals surface area (Å²) in [7, 11) is 0. The smallest absolute Gasteiger partial charge is 0.336 e. The molecule has 0 aliphatic heterocycles. The van der Waals surface area contributed by atoms with Crippen LogP contribution in [0.5, 0.6) is 5.75 Å². The van der Waals surface area contributed by atoms with E-state index in [1.165, 1.54) is 38.5 Å². The maximum Gasteiger partial charge on any atom is 0.336 e. The molecule has 5 atom stereocenters. The van der Waals surface area contributed by atoms with E-state index in [4.69, 9.17) is 14.6 Å². The van der Waals surface area contributed by atoms with Gasteiger partial charge < -0.3 is 30.1 Å². The SMILES string of the molecule is Cc1cc(CCCCCNC(=O)[C@H](OCCCCCC2CCC3C=CCCC3C2)[C@@H](OCC(=O)O)C(=O)O)cc(C)c1O. The van der Waals surface area contributed by atoms with Gasteiger partial charge >= 0.3 is 11.9 Å². The topological polar surface area (TPSA) is 142 Å². The minimum Gasteiger partial charge on any atom is -0.507 e. The molecule has 0 heterocycles. The first-order valence-electron chi connectivity index (χ1n) is 16.1. The lowest BCUT2D eigenvalue weighted by atomic mass is 9.69. The van der Waals surface area contributed by atoms with Gasteiger partial charge in [0.05, 0.1) is 0 Å². The number of allylic oxidation sites excluding steroid dienone is 2. The number of aromatic hydroxyl groups is 1. The van der Waals surface area contributed by atoms with Gasteiger partial charge in [0.1, 0.15) is 12.4 Å². The highest BCUT2D eigenvalue weighted by atomic mass is 16.6. The first kappa shape index (κ1) is 34.6. The fourth-order valence-corrected chi connectivity index (χ4v) is 6.62. The van der Waals surface area contributed by atoms with Crippen LogP contribution in [0.1, 0.15) is 93.7 Å². The zero-order valence-electron chi connectivity index (χ0n) is 25.9. The number of unbranched alkanes of at least 4 members (excludes halogenated alkanes) is 4. The van der Waals surface area contributed by atoms with Crippen molar-refractivity contribution in [2.24, 2.45) is 17.8 Å². The maximum atomic E-state index is 13.0. The Morgan fingerprint density at radius 2 is 1.67 bits per heavy atom. The van der Waals surface area contributed by atoms with Gasteiger partial charge in [0.25, 0.3) is 5.91 Å². The van der Waals surface area contributed by atoms with E-state index in [0.717, 1.165) is 66.5 Å². The molecule has 4 N–H and O–H groups in total. The lowest BCUT2D eigenvalue weighted by molar-refractivity contribution is -0.172. The lowest BCUT2D eigenvalue weighted by Crippen LogP contribution is -2.49. The molecule has 3 rings (SSSR count). The van der Waals surface area contributed by atoms with Crippen molar-refractivity contribution in [3.05, 3.63) is 41.0 Å². The Bertz CT molecular complexity index is 1060. The number of aryl methyl sites for hydroxylation is 3. The van der Waals surface area contributed by atoms with E-state index >= 15 is 0 Å². The highest BCUT2D eigenvalue weighted by Crippen LogP contribution is 2.41. The molecule has 0 saturated heterocycles. The second-order valence-corrected chi connectivity index (χ2v) is 12.4. The summed E-state index contributed by atoms with van der Waals surface area (Å²) in [5, 5.41) is 31.4. The van der Waals surface area contributed by atoms with Crippen LogP contribution < -0.4 is 5.32 Å². The number of phenols is 1. The Balaban J connectivity index is 1.40. The number of amides is 1. The molecule has 0 bridgehead atoms. The summed E-state index contributed by atoms with van der Waals surface area (Å²) in [4.78, 5) is 35.9. The molecule has 2 aliphatic rings. The van der Waals surface area contributed by atoms with E-state index in [1.54, 1.807) is 0 Å². The van der Waals surface area contributed by atoms with Crippen LogP contribution in [-0.2, 0) is 30.3 Å². The maximum absolute atomic E-state index is 13.0. The van der Waals surface area contributed by atoms with Crippen molar-refractivity contribution >= 4 is 17.8 Å². The molecule has 1 aromatic rings. The number of phenolic OH excluding ortho intramolecular Hbond substituents is 1. The molecule has 9 heteroatoms. The van der Waals surface area contributed by atoms with E-state index < -0.39 is 36.7 Å². The molecule has 43 heavy (non-hydrogen) atoms. The Kier molecular flexibility index (Phi) is 14.5. The molecule has 0 radical (unpaired) electrons. The van der Waals surface area contributed by atoms with Crippen LogP contribution >= 0.6 is 0 Å². The Hall–Kier alpha value is -2.91. The van der Waals surface area contributed by atoms with Gasteiger partial charge in [-0.2, -0.15) is 0 Å². The number of carbonyl (C=O) groups excluding carboxylic acids is 1. The van der Waals surface area contributed by atoms with Crippen LogP contribution in [0, 0.1) is 31.6 Å². The number of hydrogen-bond donors (Lipinski definition) is 4. The summed E-state index contributed by atoms with van der Waals surface area (Å²) >= 11 is 0. The van der Waals surface area contributed by atoms with Gasteiger partial charge in [-0.15, -0.1) is 0 Å². The number of benzene rings is 1. The van der Waals surface area contributed by atoms with Crippen LogP contribution in [0.4, 0.5) is 0 Å². The van der Waals surface area contributed by atoms with E-state index in [-0.39, 0.29) is 6.61 Å². The molecule has 3 unspecified atom stereocenters. The largest absolute Gasteiger partial charge is 0.507 e. The summed E-state index contributed by atoms with van der Waals surface area (Å²) in [6.07, 6.45) is 15.2. The van der Waals surface area contributed by atoms with Crippen LogP contribution in [0.25, 0.3) is 0 Å². The van der Waals surface area contributed by atoms with Gasteiger partial charge in [-0.05, 0) is 106 Å². The fourth-order valence-electron chi connectivity index (χ4n) is 6.62. The summed E-state index contributed by atoms with van der Waals surface area (Å²) in [5.74, 6) is -0.672. The Labute approximate surface area is 256 Å². The van der Waals surface area contributed by atoms with Gasteiger partial charge in [0.2, 0.25) is 0 Å². The number of aliphatic carboxylic acids is 2. The van der Waals surface area contributed by atoms with Gasteiger partial charge in [-0.1, -0.05) is 50.0 Å². The van der Waals surface area contributed by atoms with Crippen molar-refractivity contribution in [2.45, 2.75) is 110 Å². The average molecular weight is 602 g/mol. The molecule has 2 aliphatic carbocycles. The molecule has 9 nitrogen and oxygen atoms in total. The molecule has 0 spiro atoms. The third-order valence-electron chi connectivity index (χ3n) is 8.95. The first-order chi connectivity index (χ1) is 20.7. The lowest BCUT2D eigenvalue weighted by Gasteiger charge is -2.36. The molecular weight excluding hydrogens is 550 g/mol. The molecule has 1 aromatic carbocycles. The predicted octanol–water partition coefficient (Wildman–Crippen LogP) is 5.72. The molecule has 1 amide bonds. The third-order valence-corrected chi connectivity index (χ3v) is 8.95. The third kappa shape index (κ3) is 11.6. The zero-order chi connectivity index (χ0) is 31.2. The number of hydrogen-bond acceptors (Lipinski definition) is 6. The van der Waals surface area contributed by atoms with E-state index in [0.29, 0.717) is 25.1 Å². The molecule has 1 fully saturated rings. The van der Waals surface area contributed by atoms with Crippen LogP contribution in [-0.4, -0.2) is 65.1 Å². The molecule has 0 aromatic heterocycles. The molecule has 1 saturated carbocycles.